The van der Waals surface area contributed by atoms with E-state index in [-0.39, 0.29) is 23.2 Å². The molecule has 7 heteroatoms. The standard InChI is InChI=1S/C13H18N4O2S/c1-9(2)17-11(4-6-14-17)15-12(18)5-7-16-10(3)8-20-13(16)19/h4,6,8-9H,5,7H2,1-3H3,(H,15,18). The summed E-state index contributed by atoms with van der Waals surface area (Å²) in [5, 5.41) is 8.78. The zero-order valence-electron chi connectivity index (χ0n) is 11.8. The summed E-state index contributed by atoms with van der Waals surface area (Å²) in [5.41, 5.74) is 0.889. The highest BCUT2D eigenvalue weighted by Gasteiger charge is 2.10. The van der Waals surface area contributed by atoms with Gasteiger partial charge in [0, 0.05) is 36.1 Å². The lowest BCUT2D eigenvalue weighted by Gasteiger charge is -2.12. The molecule has 0 bridgehead atoms. The van der Waals surface area contributed by atoms with E-state index in [2.05, 4.69) is 10.4 Å². The van der Waals surface area contributed by atoms with E-state index in [4.69, 9.17) is 0 Å². The maximum atomic E-state index is 11.9. The van der Waals surface area contributed by atoms with Crippen molar-refractivity contribution in [3.63, 3.8) is 0 Å². The van der Waals surface area contributed by atoms with Crippen LogP contribution in [0.2, 0.25) is 0 Å². The highest BCUT2D eigenvalue weighted by molar-refractivity contribution is 7.07. The summed E-state index contributed by atoms with van der Waals surface area (Å²) in [7, 11) is 0. The van der Waals surface area contributed by atoms with E-state index in [1.54, 1.807) is 26.9 Å². The second-order valence-corrected chi connectivity index (χ2v) is 5.67. The molecule has 0 aliphatic carbocycles. The molecule has 0 unspecified atom stereocenters. The summed E-state index contributed by atoms with van der Waals surface area (Å²) >= 11 is 1.16. The van der Waals surface area contributed by atoms with Crippen LogP contribution in [-0.4, -0.2) is 20.3 Å². The first-order valence-electron chi connectivity index (χ1n) is 6.47. The van der Waals surface area contributed by atoms with Gasteiger partial charge in [0.15, 0.2) is 0 Å². The number of carbonyl (C=O) groups is 1. The molecule has 0 saturated heterocycles. The Bertz CT molecular complexity index is 653. The van der Waals surface area contributed by atoms with Crippen LogP contribution in [0, 0.1) is 6.92 Å². The molecule has 1 amide bonds. The van der Waals surface area contributed by atoms with Gasteiger partial charge in [0.1, 0.15) is 5.82 Å². The Kier molecular flexibility index (Phi) is 4.39. The lowest BCUT2D eigenvalue weighted by Crippen LogP contribution is -2.21. The van der Waals surface area contributed by atoms with Gasteiger partial charge in [0.25, 0.3) is 0 Å². The van der Waals surface area contributed by atoms with Crippen LogP contribution < -0.4 is 10.2 Å². The van der Waals surface area contributed by atoms with Crippen LogP contribution >= 0.6 is 11.3 Å². The van der Waals surface area contributed by atoms with Gasteiger partial charge in [-0.1, -0.05) is 11.3 Å². The molecule has 2 heterocycles. The van der Waals surface area contributed by atoms with Crippen LogP contribution in [0.4, 0.5) is 5.82 Å². The number of carbonyl (C=O) groups excluding carboxylic acids is 1. The molecular weight excluding hydrogens is 276 g/mol. The van der Waals surface area contributed by atoms with Crippen molar-refractivity contribution in [2.45, 2.75) is 39.8 Å². The van der Waals surface area contributed by atoms with Gasteiger partial charge in [-0.05, 0) is 20.8 Å². The van der Waals surface area contributed by atoms with Crippen molar-refractivity contribution >= 4 is 23.1 Å². The fraction of sp³-hybridized carbons (Fsp3) is 0.462. The largest absolute Gasteiger partial charge is 0.311 e. The predicted octanol–water partition coefficient (Wildman–Crippen LogP) is 2.02. The highest BCUT2D eigenvalue weighted by Crippen LogP contribution is 2.13. The molecule has 108 valence electrons. The van der Waals surface area contributed by atoms with E-state index >= 15 is 0 Å². The van der Waals surface area contributed by atoms with Crippen LogP contribution in [0.25, 0.3) is 0 Å². The van der Waals surface area contributed by atoms with Gasteiger partial charge in [-0.3, -0.25) is 9.59 Å². The molecule has 0 atom stereocenters. The molecule has 1 N–H and O–H groups in total. The number of hydrogen-bond donors (Lipinski definition) is 1. The Balaban J connectivity index is 1.96. The third-order valence-electron chi connectivity index (χ3n) is 2.97. The molecule has 2 aromatic heterocycles. The fourth-order valence-corrected chi connectivity index (χ4v) is 2.68. The van der Waals surface area contributed by atoms with Gasteiger partial charge in [-0.2, -0.15) is 5.10 Å². The normalized spacial score (nSPS) is 11.0. The SMILES string of the molecule is Cc1csc(=O)n1CCC(=O)Nc1ccnn1C(C)C. The molecule has 0 saturated carbocycles. The van der Waals surface area contributed by atoms with E-state index in [1.165, 1.54) is 0 Å². The van der Waals surface area contributed by atoms with E-state index in [0.29, 0.717) is 12.4 Å². The Morgan fingerprint density at radius 2 is 2.25 bits per heavy atom. The van der Waals surface area contributed by atoms with E-state index in [1.807, 2.05) is 20.8 Å². The smallest absolute Gasteiger partial charge is 0.307 e. The van der Waals surface area contributed by atoms with Crippen LogP contribution in [-0.2, 0) is 11.3 Å². The number of thiazole rings is 1. The molecule has 6 nitrogen and oxygen atoms in total. The van der Waals surface area contributed by atoms with Crippen LogP contribution in [0.3, 0.4) is 0 Å². The number of rotatable bonds is 5. The Hall–Kier alpha value is -1.89. The quantitative estimate of drug-likeness (QED) is 0.917. The van der Waals surface area contributed by atoms with E-state index in [9.17, 15) is 9.59 Å². The van der Waals surface area contributed by atoms with E-state index in [0.717, 1.165) is 17.0 Å². The fourth-order valence-electron chi connectivity index (χ4n) is 1.92. The number of anilines is 1. The number of nitrogens with zero attached hydrogens (tertiary/aromatic N) is 3. The average molecular weight is 294 g/mol. The molecule has 0 fully saturated rings. The number of aromatic nitrogens is 3. The van der Waals surface area contributed by atoms with Crippen molar-refractivity contribution in [3.05, 3.63) is 33.0 Å². The van der Waals surface area contributed by atoms with Gasteiger partial charge in [-0.25, -0.2) is 4.68 Å². The monoisotopic (exact) mass is 294 g/mol. The summed E-state index contributed by atoms with van der Waals surface area (Å²) in [6.45, 7) is 6.26. The molecular formula is C13H18N4O2S. The molecule has 0 radical (unpaired) electrons. The van der Waals surface area contributed by atoms with Crippen LogP contribution in [0.1, 0.15) is 32.0 Å². The molecule has 0 spiro atoms. The molecule has 0 aliphatic rings. The van der Waals surface area contributed by atoms with Gasteiger partial charge in [0.05, 0.1) is 6.20 Å². The average Bonchev–Trinajstić information content (AvgIpc) is 2.95. The summed E-state index contributed by atoms with van der Waals surface area (Å²) in [6, 6.07) is 1.95. The Morgan fingerprint density at radius 1 is 1.50 bits per heavy atom. The topological polar surface area (TPSA) is 68.9 Å². The summed E-state index contributed by atoms with van der Waals surface area (Å²) in [4.78, 5) is 23.5. The van der Waals surface area contributed by atoms with Crippen molar-refractivity contribution in [1.29, 1.82) is 0 Å². The van der Waals surface area contributed by atoms with Crippen LogP contribution in [0.5, 0.6) is 0 Å². The minimum absolute atomic E-state index is 0.0254. The maximum absolute atomic E-state index is 11.9. The van der Waals surface area contributed by atoms with Crippen molar-refractivity contribution in [3.8, 4) is 0 Å². The van der Waals surface area contributed by atoms with Crippen LogP contribution in [0.15, 0.2) is 22.4 Å². The molecule has 0 aliphatic heterocycles. The molecule has 0 aromatic carbocycles. The first-order valence-corrected chi connectivity index (χ1v) is 7.35. The highest BCUT2D eigenvalue weighted by atomic mass is 32.1. The summed E-state index contributed by atoms with van der Waals surface area (Å²) < 4.78 is 3.36. The third kappa shape index (κ3) is 3.16. The summed E-state index contributed by atoms with van der Waals surface area (Å²) in [6.07, 6.45) is 1.92. The van der Waals surface area contributed by atoms with Crippen molar-refractivity contribution in [1.82, 2.24) is 14.3 Å². The zero-order valence-corrected chi connectivity index (χ0v) is 12.6. The minimum Gasteiger partial charge on any atom is -0.311 e. The van der Waals surface area contributed by atoms with E-state index < -0.39 is 0 Å². The molecule has 2 rings (SSSR count). The number of hydrogen-bond acceptors (Lipinski definition) is 4. The summed E-state index contributed by atoms with van der Waals surface area (Å²) in [5.74, 6) is 0.560. The first kappa shape index (κ1) is 14.5. The molecule has 2 aromatic rings. The third-order valence-corrected chi connectivity index (χ3v) is 3.85. The zero-order chi connectivity index (χ0) is 14.7. The van der Waals surface area contributed by atoms with Gasteiger partial charge < -0.3 is 9.88 Å². The van der Waals surface area contributed by atoms with Crippen molar-refractivity contribution in [2.24, 2.45) is 0 Å². The lowest BCUT2D eigenvalue weighted by molar-refractivity contribution is -0.116. The van der Waals surface area contributed by atoms with Gasteiger partial charge >= 0.3 is 4.87 Å². The first-order chi connectivity index (χ1) is 9.49. The number of amides is 1. The minimum atomic E-state index is -0.120. The second kappa shape index (κ2) is 6.04. The van der Waals surface area contributed by atoms with Crippen molar-refractivity contribution < 1.29 is 4.79 Å². The number of aryl methyl sites for hydroxylation is 1. The second-order valence-electron chi connectivity index (χ2n) is 4.85. The van der Waals surface area contributed by atoms with Crippen molar-refractivity contribution in [2.75, 3.05) is 5.32 Å². The maximum Gasteiger partial charge on any atom is 0.307 e. The van der Waals surface area contributed by atoms with Gasteiger partial charge in [0.2, 0.25) is 5.91 Å². The number of nitrogens with one attached hydrogen (secondary N) is 1. The lowest BCUT2D eigenvalue weighted by atomic mass is 10.3. The Morgan fingerprint density at radius 3 is 2.85 bits per heavy atom. The molecule has 20 heavy (non-hydrogen) atoms. The predicted molar refractivity (Wildman–Crippen MR) is 79.2 cm³/mol. The van der Waals surface area contributed by atoms with Gasteiger partial charge in [-0.15, -0.1) is 0 Å². The Labute approximate surface area is 121 Å².